The second-order valence-corrected chi connectivity index (χ2v) is 8.37. The average molecular weight is 402 g/mol. The molecule has 3 aromatic rings. The number of piperazine rings is 1. The Hall–Kier alpha value is -3.19. The monoisotopic (exact) mass is 401 g/mol. The van der Waals surface area contributed by atoms with Crippen LogP contribution in [-0.4, -0.2) is 66.2 Å². The van der Waals surface area contributed by atoms with Crippen LogP contribution in [0.3, 0.4) is 0 Å². The first kappa shape index (κ1) is 18.8. The lowest BCUT2D eigenvalue weighted by Gasteiger charge is -2.32. The predicted octanol–water partition coefficient (Wildman–Crippen LogP) is 3.24. The van der Waals surface area contributed by atoms with E-state index in [1.54, 1.807) is 6.20 Å². The number of nitrogens with zero attached hydrogens (tertiary/aromatic N) is 6. The van der Waals surface area contributed by atoms with E-state index >= 15 is 0 Å². The third-order valence-electron chi connectivity index (χ3n) is 6.15. The molecule has 0 spiro atoms. The van der Waals surface area contributed by atoms with Gasteiger partial charge in [-0.1, -0.05) is 12.1 Å². The van der Waals surface area contributed by atoms with Crippen LogP contribution in [0.2, 0.25) is 0 Å². The smallest absolute Gasteiger partial charge is 0.227 e. The number of anilines is 4. The van der Waals surface area contributed by atoms with Crippen molar-refractivity contribution in [3.8, 4) is 11.3 Å². The molecular formula is C23H27N7. The van der Waals surface area contributed by atoms with Gasteiger partial charge in [0.1, 0.15) is 5.82 Å². The zero-order chi connectivity index (χ0) is 20.7. The Balaban J connectivity index is 1.29. The van der Waals surface area contributed by atoms with Crippen LogP contribution in [0.25, 0.3) is 11.3 Å². The maximum absolute atomic E-state index is 4.69. The number of hydrogen-bond acceptors (Lipinski definition) is 7. The molecule has 2 aromatic heterocycles. The lowest BCUT2D eigenvalue weighted by molar-refractivity contribution is 0.292. The molecule has 4 heterocycles. The number of likely N-dealkylation sites (N-methyl/N-ethyl adjacent to an activating group) is 1. The van der Waals surface area contributed by atoms with E-state index in [1.165, 1.54) is 6.42 Å². The molecule has 0 amide bonds. The third-order valence-corrected chi connectivity index (χ3v) is 6.15. The first-order valence-corrected chi connectivity index (χ1v) is 10.4. The largest absolute Gasteiger partial charge is 0.378 e. The molecule has 7 nitrogen and oxygen atoms in total. The minimum Gasteiger partial charge on any atom is -0.378 e. The van der Waals surface area contributed by atoms with Crippen LogP contribution >= 0.6 is 0 Å². The Bertz CT molecular complexity index is 1010. The van der Waals surface area contributed by atoms with E-state index in [0.29, 0.717) is 18.0 Å². The van der Waals surface area contributed by atoms with Crippen molar-refractivity contribution in [2.75, 3.05) is 49.3 Å². The van der Waals surface area contributed by atoms with Crippen LogP contribution in [0, 0.1) is 0 Å². The van der Waals surface area contributed by atoms with Crippen molar-refractivity contribution in [2.45, 2.75) is 18.5 Å². The minimum absolute atomic E-state index is 0.570. The fourth-order valence-corrected chi connectivity index (χ4v) is 4.42. The number of likely N-dealkylation sites (tertiary alicyclic amines) is 1. The first-order valence-electron chi connectivity index (χ1n) is 10.4. The molecule has 2 aliphatic rings. The van der Waals surface area contributed by atoms with Crippen molar-refractivity contribution < 1.29 is 0 Å². The minimum atomic E-state index is 0.570. The van der Waals surface area contributed by atoms with Crippen molar-refractivity contribution >= 4 is 23.1 Å². The number of fused-ring (bicyclic) bond motifs is 2. The second kappa shape index (κ2) is 7.57. The summed E-state index contributed by atoms with van der Waals surface area (Å²) in [4.78, 5) is 20.7. The highest BCUT2D eigenvalue weighted by Gasteiger charge is 2.41. The van der Waals surface area contributed by atoms with Crippen molar-refractivity contribution in [2.24, 2.45) is 0 Å². The van der Waals surface area contributed by atoms with E-state index in [0.717, 1.165) is 41.5 Å². The molecule has 2 fully saturated rings. The summed E-state index contributed by atoms with van der Waals surface area (Å²) in [6, 6.07) is 15.7. The van der Waals surface area contributed by atoms with Crippen molar-refractivity contribution in [3.05, 3.63) is 54.9 Å². The molecule has 0 aliphatic carbocycles. The van der Waals surface area contributed by atoms with E-state index in [-0.39, 0.29) is 0 Å². The average Bonchev–Trinajstić information content (AvgIpc) is 3.34. The highest BCUT2D eigenvalue weighted by molar-refractivity contribution is 5.65. The van der Waals surface area contributed by atoms with E-state index in [4.69, 9.17) is 4.98 Å². The molecule has 2 unspecified atom stereocenters. The Morgan fingerprint density at radius 2 is 1.80 bits per heavy atom. The Labute approximate surface area is 177 Å². The van der Waals surface area contributed by atoms with Gasteiger partial charge in [0.2, 0.25) is 5.95 Å². The summed E-state index contributed by atoms with van der Waals surface area (Å²) in [5, 5.41) is 3.28. The number of hydrogen-bond donors (Lipinski definition) is 1. The molecule has 30 heavy (non-hydrogen) atoms. The summed E-state index contributed by atoms with van der Waals surface area (Å²) in [6.45, 7) is 2.20. The topological polar surface area (TPSA) is 60.4 Å². The molecular weight excluding hydrogens is 374 g/mol. The van der Waals surface area contributed by atoms with Crippen LogP contribution in [0.1, 0.15) is 6.42 Å². The van der Waals surface area contributed by atoms with Crippen molar-refractivity contribution in [1.29, 1.82) is 0 Å². The molecule has 0 saturated carbocycles. The van der Waals surface area contributed by atoms with E-state index in [1.807, 2.05) is 26.4 Å². The fourth-order valence-electron chi connectivity index (χ4n) is 4.42. The van der Waals surface area contributed by atoms with Crippen LogP contribution < -0.4 is 15.1 Å². The molecule has 1 aromatic carbocycles. The van der Waals surface area contributed by atoms with Crippen molar-refractivity contribution in [3.63, 3.8) is 0 Å². The summed E-state index contributed by atoms with van der Waals surface area (Å²) in [7, 11) is 6.29. The molecule has 5 rings (SSSR count). The van der Waals surface area contributed by atoms with Gasteiger partial charge in [-0.2, -0.15) is 0 Å². The molecule has 2 bridgehead atoms. The van der Waals surface area contributed by atoms with Gasteiger partial charge in [-0.3, -0.25) is 4.90 Å². The van der Waals surface area contributed by atoms with Gasteiger partial charge in [0.05, 0.1) is 17.6 Å². The van der Waals surface area contributed by atoms with Crippen molar-refractivity contribution in [1.82, 2.24) is 19.9 Å². The van der Waals surface area contributed by atoms with Crippen LogP contribution in [0.5, 0.6) is 0 Å². The maximum atomic E-state index is 4.69. The highest BCUT2D eigenvalue weighted by atomic mass is 15.4. The van der Waals surface area contributed by atoms with Gasteiger partial charge in [0.15, 0.2) is 0 Å². The van der Waals surface area contributed by atoms with Gasteiger partial charge in [0.25, 0.3) is 0 Å². The normalized spacial score (nSPS) is 20.6. The molecule has 154 valence electrons. The zero-order valence-corrected chi connectivity index (χ0v) is 17.7. The standard InChI is InChI=1S/C23H27N7/c1-28(2)18-7-4-16(5-8-18)21-10-11-24-23(27-21)26-17-6-9-22(25-13-17)30-15-19-12-20(30)14-29(19)3/h4-11,13,19-20H,12,14-15H2,1-3H3,(H,24,26,27). The summed E-state index contributed by atoms with van der Waals surface area (Å²) in [5.41, 5.74) is 4.00. The lowest BCUT2D eigenvalue weighted by Crippen LogP contribution is -2.44. The van der Waals surface area contributed by atoms with Gasteiger partial charge < -0.3 is 15.1 Å². The number of aromatic nitrogens is 3. The number of benzene rings is 1. The molecule has 1 N–H and O–H groups in total. The Morgan fingerprint density at radius 1 is 0.967 bits per heavy atom. The van der Waals surface area contributed by atoms with E-state index < -0.39 is 0 Å². The molecule has 0 radical (unpaired) electrons. The van der Waals surface area contributed by atoms with Gasteiger partial charge in [-0.15, -0.1) is 0 Å². The number of rotatable bonds is 5. The SMILES string of the molecule is CN(C)c1ccc(-c2ccnc(Nc3ccc(N4CC5CC4CN5C)nc3)n2)cc1. The summed E-state index contributed by atoms with van der Waals surface area (Å²) in [5.74, 6) is 1.62. The summed E-state index contributed by atoms with van der Waals surface area (Å²) < 4.78 is 0. The highest BCUT2D eigenvalue weighted by Crippen LogP contribution is 2.33. The van der Waals surface area contributed by atoms with Gasteiger partial charge in [0, 0.05) is 56.7 Å². The molecule has 2 saturated heterocycles. The molecule has 2 aliphatic heterocycles. The van der Waals surface area contributed by atoms with Gasteiger partial charge >= 0.3 is 0 Å². The van der Waals surface area contributed by atoms with Crippen LogP contribution in [0.15, 0.2) is 54.9 Å². The first-order chi connectivity index (χ1) is 14.6. The summed E-state index contributed by atoms with van der Waals surface area (Å²) in [6.07, 6.45) is 4.89. The Morgan fingerprint density at radius 3 is 2.43 bits per heavy atom. The maximum Gasteiger partial charge on any atom is 0.227 e. The fraction of sp³-hybridized carbons (Fsp3) is 0.348. The zero-order valence-electron chi connectivity index (χ0n) is 17.7. The Kier molecular flexibility index (Phi) is 4.75. The third kappa shape index (κ3) is 3.57. The van der Waals surface area contributed by atoms with Gasteiger partial charge in [-0.05, 0) is 43.8 Å². The molecule has 7 heteroatoms. The van der Waals surface area contributed by atoms with Gasteiger partial charge in [-0.25, -0.2) is 15.0 Å². The van der Waals surface area contributed by atoms with E-state index in [9.17, 15) is 0 Å². The van der Waals surface area contributed by atoms with Crippen LogP contribution in [-0.2, 0) is 0 Å². The summed E-state index contributed by atoms with van der Waals surface area (Å²) >= 11 is 0. The molecule has 2 atom stereocenters. The number of nitrogens with one attached hydrogen (secondary N) is 1. The second-order valence-electron chi connectivity index (χ2n) is 8.37. The lowest BCUT2D eigenvalue weighted by atomic mass is 10.1. The quantitative estimate of drug-likeness (QED) is 0.704. The number of pyridine rings is 1. The van der Waals surface area contributed by atoms with E-state index in [2.05, 4.69) is 73.4 Å². The predicted molar refractivity (Wildman–Crippen MR) is 121 cm³/mol. The van der Waals surface area contributed by atoms with Crippen LogP contribution in [0.4, 0.5) is 23.1 Å².